The number of rotatable bonds is 6. The lowest BCUT2D eigenvalue weighted by molar-refractivity contribution is 0.0355. The zero-order chi connectivity index (χ0) is 13.0. The van der Waals surface area contributed by atoms with E-state index in [0.717, 1.165) is 39.5 Å². The second-order valence-electron chi connectivity index (χ2n) is 5.39. The average molecular weight is 253 g/mol. The number of ether oxygens (including phenoxy) is 2. The number of hydrogen-bond donors (Lipinski definition) is 0. The van der Waals surface area contributed by atoms with Crippen molar-refractivity contribution in [2.75, 3.05) is 39.5 Å². The van der Waals surface area contributed by atoms with Crippen molar-refractivity contribution in [2.45, 2.75) is 33.6 Å². The molecule has 1 fully saturated rings. The van der Waals surface area contributed by atoms with E-state index in [4.69, 9.17) is 9.47 Å². The van der Waals surface area contributed by atoms with Gasteiger partial charge in [-0.1, -0.05) is 20.3 Å². The van der Waals surface area contributed by atoms with Crippen LogP contribution in [0, 0.1) is 11.8 Å². The normalized spacial score (nSPS) is 29.3. The third-order valence-corrected chi connectivity index (χ3v) is 4.20. The first-order valence-corrected chi connectivity index (χ1v) is 7.43. The lowest BCUT2D eigenvalue weighted by Gasteiger charge is -2.42. The van der Waals surface area contributed by atoms with Crippen LogP contribution in [0.2, 0.25) is 0 Å². The van der Waals surface area contributed by atoms with Crippen LogP contribution in [-0.2, 0) is 9.47 Å². The molecule has 0 spiro atoms. The molecule has 0 bridgehead atoms. The summed E-state index contributed by atoms with van der Waals surface area (Å²) in [7, 11) is 0. The molecule has 0 unspecified atom stereocenters. The predicted molar refractivity (Wildman–Crippen MR) is 73.5 cm³/mol. The van der Waals surface area contributed by atoms with Crippen molar-refractivity contribution >= 4 is 0 Å². The molecule has 3 nitrogen and oxygen atoms in total. The topological polar surface area (TPSA) is 21.7 Å². The standard InChI is InChI=1S/C15H27NO2/c1-4-6-13-12(3)14(15(13)18-5-2)11-16-7-9-17-10-8-16/h12-13H,4-11H2,1-3H3/t12-,13+/m1/s1. The average Bonchev–Trinajstić information content (AvgIpc) is 2.42. The van der Waals surface area contributed by atoms with E-state index in [9.17, 15) is 0 Å². The highest BCUT2D eigenvalue weighted by molar-refractivity contribution is 5.29. The van der Waals surface area contributed by atoms with Gasteiger partial charge in [0.2, 0.25) is 0 Å². The van der Waals surface area contributed by atoms with Crippen LogP contribution in [0.4, 0.5) is 0 Å². The van der Waals surface area contributed by atoms with Gasteiger partial charge in [-0.2, -0.15) is 0 Å². The molecule has 2 atom stereocenters. The van der Waals surface area contributed by atoms with Crippen molar-refractivity contribution in [3.63, 3.8) is 0 Å². The van der Waals surface area contributed by atoms with Gasteiger partial charge in [-0.15, -0.1) is 0 Å². The van der Waals surface area contributed by atoms with Crippen LogP contribution in [0.1, 0.15) is 33.6 Å². The molecule has 0 aromatic rings. The molecule has 1 aliphatic heterocycles. The van der Waals surface area contributed by atoms with Gasteiger partial charge in [0.25, 0.3) is 0 Å². The number of hydrogen-bond acceptors (Lipinski definition) is 3. The van der Waals surface area contributed by atoms with Gasteiger partial charge in [-0.3, -0.25) is 4.90 Å². The van der Waals surface area contributed by atoms with Gasteiger partial charge in [-0.05, 0) is 24.8 Å². The molecule has 1 saturated heterocycles. The van der Waals surface area contributed by atoms with Crippen molar-refractivity contribution in [2.24, 2.45) is 11.8 Å². The minimum absolute atomic E-state index is 0.672. The summed E-state index contributed by atoms with van der Waals surface area (Å²) < 4.78 is 11.3. The lowest BCUT2D eigenvalue weighted by atomic mass is 9.71. The van der Waals surface area contributed by atoms with Crippen LogP contribution < -0.4 is 0 Å². The van der Waals surface area contributed by atoms with E-state index >= 15 is 0 Å². The minimum Gasteiger partial charge on any atom is -0.498 e. The molecular weight excluding hydrogens is 226 g/mol. The monoisotopic (exact) mass is 253 g/mol. The van der Waals surface area contributed by atoms with E-state index in [1.54, 1.807) is 0 Å². The lowest BCUT2D eigenvalue weighted by Crippen LogP contribution is -2.42. The third kappa shape index (κ3) is 2.89. The van der Waals surface area contributed by atoms with Crippen molar-refractivity contribution in [1.82, 2.24) is 4.90 Å². The van der Waals surface area contributed by atoms with E-state index < -0.39 is 0 Å². The van der Waals surface area contributed by atoms with E-state index in [0.29, 0.717) is 11.8 Å². The Morgan fingerprint density at radius 1 is 1.28 bits per heavy atom. The summed E-state index contributed by atoms with van der Waals surface area (Å²) in [6.07, 6.45) is 2.51. The van der Waals surface area contributed by atoms with E-state index in [-0.39, 0.29) is 0 Å². The summed E-state index contributed by atoms with van der Waals surface area (Å²) in [4.78, 5) is 2.50. The quantitative estimate of drug-likeness (QED) is 0.726. The Labute approximate surface area is 111 Å². The summed E-state index contributed by atoms with van der Waals surface area (Å²) in [5, 5.41) is 0. The summed E-state index contributed by atoms with van der Waals surface area (Å²) >= 11 is 0. The predicted octanol–water partition coefficient (Wildman–Crippen LogP) is 2.68. The first kappa shape index (κ1) is 13.9. The Balaban J connectivity index is 1.98. The van der Waals surface area contributed by atoms with Gasteiger partial charge in [0.15, 0.2) is 0 Å². The van der Waals surface area contributed by atoms with Crippen LogP contribution in [0.3, 0.4) is 0 Å². The molecule has 3 heteroatoms. The van der Waals surface area contributed by atoms with Gasteiger partial charge >= 0.3 is 0 Å². The molecule has 0 N–H and O–H groups in total. The highest BCUT2D eigenvalue weighted by atomic mass is 16.5. The zero-order valence-corrected chi connectivity index (χ0v) is 12.1. The Kier molecular flexibility index (Phi) is 5.07. The van der Waals surface area contributed by atoms with Crippen LogP contribution in [0.5, 0.6) is 0 Å². The van der Waals surface area contributed by atoms with Crippen molar-refractivity contribution in [3.8, 4) is 0 Å². The van der Waals surface area contributed by atoms with E-state index in [1.807, 2.05) is 0 Å². The smallest absolute Gasteiger partial charge is 0.100 e. The highest BCUT2D eigenvalue weighted by Crippen LogP contribution is 2.44. The third-order valence-electron chi connectivity index (χ3n) is 4.20. The maximum atomic E-state index is 5.89. The molecule has 1 aliphatic carbocycles. The van der Waals surface area contributed by atoms with E-state index in [2.05, 4.69) is 25.7 Å². The van der Waals surface area contributed by atoms with Gasteiger partial charge in [0.1, 0.15) is 5.76 Å². The number of nitrogens with zero attached hydrogens (tertiary/aromatic N) is 1. The SMILES string of the molecule is CCC[C@@H]1C(OCC)=C(CN2CCOCC2)[C@@H]1C. The van der Waals surface area contributed by atoms with Gasteiger partial charge in [0, 0.05) is 25.6 Å². The minimum atomic E-state index is 0.672. The molecule has 104 valence electrons. The fourth-order valence-electron chi connectivity index (χ4n) is 3.11. The first-order chi connectivity index (χ1) is 8.77. The van der Waals surface area contributed by atoms with Gasteiger partial charge in [0.05, 0.1) is 19.8 Å². The number of allylic oxidation sites excluding steroid dienone is 1. The molecule has 18 heavy (non-hydrogen) atoms. The summed E-state index contributed by atoms with van der Waals surface area (Å²) in [6, 6.07) is 0. The zero-order valence-electron chi connectivity index (χ0n) is 12.1. The van der Waals surface area contributed by atoms with Gasteiger partial charge in [-0.25, -0.2) is 0 Å². The molecule has 0 radical (unpaired) electrons. The Morgan fingerprint density at radius 3 is 2.61 bits per heavy atom. The largest absolute Gasteiger partial charge is 0.498 e. The Bertz CT molecular complexity index is 295. The highest BCUT2D eigenvalue weighted by Gasteiger charge is 2.38. The summed E-state index contributed by atoms with van der Waals surface area (Å²) in [5.74, 6) is 2.68. The molecular formula is C15H27NO2. The molecule has 0 amide bonds. The van der Waals surface area contributed by atoms with Crippen molar-refractivity contribution in [1.29, 1.82) is 0 Å². The molecule has 2 rings (SSSR count). The molecule has 0 saturated carbocycles. The van der Waals surface area contributed by atoms with Crippen LogP contribution in [0.15, 0.2) is 11.3 Å². The summed E-state index contributed by atoms with van der Waals surface area (Å²) in [5.41, 5.74) is 1.54. The van der Waals surface area contributed by atoms with Crippen LogP contribution >= 0.6 is 0 Å². The first-order valence-electron chi connectivity index (χ1n) is 7.43. The van der Waals surface area contributed by atoms with Crippen molar-refractivity contribution in [3.05, 3.63) is 11.3 Å². The van der Waals surface area contributed by atoms with Crippen molar-refractivity contribution < 1.29 is 9.47 Å². The van der Waals surface area contributed by atoms with Crippen LogP contribution in [0.25, 0.3) is 0 Å². The Morgan fingerprint density at radius 2 is 2.00 bits per heavy atom. The summed E-state index contributed by atoms with van der Waals surface area (Å²) in [6.45, 7) is 12.5. The van der Waals surface area contributed by atoms with Crippen LogP contribution in [-0.4, -0.2) is 44.4 Å². The maximum Gasteiger partial charge on any atom is 0.100 e. The molecule has 1 heterocycles. The fourth-order valence-corrected chi connectivity index (χ4v) is 3.11. The number of morpholine rings is 1. The second-order valence-corrected chi connectivity index (χ2v) is 5.39. The maximum absolute atomic E-state index is 5.89. The van der Waals surface area contributed by atoms with E-state index in [1.165, 1.54) is 24.2 Å². The Hall–Kier alpha value is -0.540. The van der Waals surface area contributed by atoms with Gasteiger partial charge < -0.3 is 9.47 Å². The second kappa shape index (κ2) is 6.58. The molecule has 0 aromatic carbocycles. The molecule has 2 aliphatic rings. The molecule has 0 aromatic heterocycles. The fraction of sp³-hybridized carbons (Fsp3) is 0.867.